The zero-order chi connectivity index (χ0) is 22.2. The van der Waals surface area contributed by atoms with Gasteiger partial charge < -0.3 is 9.47 Å². The Morgan fingerprint density at radius 1 is 1.06 bits per heavy atom. The van der Waals surface area contributed by atoms with Crippen LogP contribution in [0.15, 0.2) is 54.7 Å². The summed E-state index contributed by atoms with van der Waals surface area (Å²) in [4.78, 5) is 15.2. The lowest BCUT2D eigenvalue weighted by Gasteiger charge is -2.20. The third kappa shape index (κ3) is 4.56. The molecule has 3 aromatic rings. The number of carbonyl (C=O) groups is 1. The number of nitrogens with zero attached hydrogens (tertiary/aromatic N) is 2. The maximum absolute atomic E-state index is 13.2. The fourth-order valence-electron chi connectivity index (χ4n) is 4.68. The van der Waals surface area contributed by atoms with E-state index in [-0.39, 0.29) is 11.3 Å². The summed E-state index contributed by atoms with van der Waals surface area (Å²) in [5, 5.41) is 1.35. The highest BCUT2D eigenvalue weighted by Crippen LogP contribution is 2.35. The number of para-hydroxylation sites is 1. The van der Waals surface area contributed by atoms with Crippen LogP contribution in [0.1, 0.15) is 74.9 Å². The van der Waals surface area contributed by atoms with Gasteiger partial charge in [-0.25, -0.2) is 0 Å². The smallest absolute Gasteiger partial charge is 0.253 e. The topological polar surface area (TPSA) is 25.2 Å². The predicted octanol–water partition coefficient (Wildman–Crippen LogP) is 6.61. The molecule has 2 aromatic carbocycles. The molecule has 3 heteroatoms. The van der Waals surface area contributed by atoms with E-state index in [0.29, 0.717) is 11.8 Å². The number of hydrogen-bond donors (Lipinski definition) is 0. The summed E-state index contributed by atoms with van der Waals surface area (Å²) in [5.41, 5.74) is 4.88. The van der Waals surface area contributed by atoms with Crippen LogP contribution >= 0.6 is 0 Å². The van der Waals surface area contributed by atoms with E-state index in [1.165, 1.54) is 28.5 Å². The number of carbonyl (C=O) groups excluding carboxylic acids is 1. The first-order valence-corrected chi connectivity index (χ1v) is 11.7. The number of rotatable bonds is 5. The van der Waals surface area contributed by atoms with Crippen molar-refractivity contribution in [1.82, 2.24) is 9.47 Å². The number of aryl methyl sites for hydroxylation is 1. The zero-order valence-corrected chi connectivity index (χ0v) is 19.7. The molecular formula is C28H36N2O. The van der Waals surface area contributed by atoms with Gasteiger partial charge in [-0.05, 0) is 53.5 Å². The van der Waals surface area contributed by atoms with Crippen molar-refractivity contribution in [3.05, 3.63) is 71.4 Å². The molecule has 1 aliphatic rings. The molecule has 1 atom stereocenters. The minimum absolute atomic E-state index is 0.101. The highest BCUT2D eigenvalue weighted by Gasteiger charge is 2.30. The van der Waals surface area contributed by atoms with Crippen LogP contribution in [0.25, 0.3) is 10.9 Å². The van der Waals surface area contributed by atoms with Gasteiger partial charge in [0.1, 0.15) is 0 Å². The summed E-state index contributed by atoms with van der Waals surface area (Å²) in [6, 6.07) is 16.9. The maximum atomic E-state index is 13.2. The van der Waals surface area contributed by atoms with Gasteiger partial charge in [0.15, 0.2) is 0 Å². The molecular weight excluding hydrogens is 380 g/mol. The molecule has 1 amide bonds. The van der Waals surface area contributed by atoms with Crippen LogP contribution in [0.4, 0.5) is 0 Å². The van der Waals surface area contributed by atoms with Crippen molar-refractivity contribution < 1.29 is 4.79 Å². The predicted molar refractivity (Wildman–Crippen MR) is 130 cm³/mol. The average molecular weight is 417 g/mol. The van der Waals surface area contributed by atoms with E-state index in [2.05, 4.69) is 81.8 Å². The second-order valence-corrected chi connectivity index (χ2v) is 10.5. The van der Waals surface area contributed by atoms with Gasteiger partial charge in [-0.15, -0.1) is 0 Å². The summed E-state index contributed by atoms with van der Waals surface area (Å²) in [7, 11) is 0. The number of hydrogen-bond acceptors (Lipinski definition) is 1. The van der Waals surface area contributed by atoms with Crippen LogP contribution in [0.3, 0.4) is 0 Å². The van der Waals surface area contributed by atoms with Crippen LogP contribution in [-0.2, 0) is 12.0 Å². The van der Waals surface area contributed by atoms with E-state index in [4.69, 9.17) is 0 Å². The minimum Gasteiger partial charge on any atom is -0.347 e. The summed E-state index contributed by atoms with van der Waals surface area (Å²) in [5.74, 6) is 1.25. The molecule has 1 saturated heterocycles. The molecule has 4 rings (SSSR count). The van der Waals surface area contributed by atoms with Crippen LogP contribution < -0.4 is 0 Å². The average Bonchev–Trinajstić information content (AvgIpc) is 3.36. The lowest BCUT2D eigenvalue weighted by Crippen LogP contribution is -2.28. The van der Waals surface area contributed by atoms with Gasteiger partial charge in [-0.3, -0.25) is 4.79 Å². The molecule has 164 valence electrons. The standard InChI is InChI=1S/C28H36N2O/c1-20(2)14-16-29-19-25(24-8-6-7-9-26(24)29)22-15-17-30(18-22)27(31)21-10-12-23(13-11-21)28(3,4)5/h6-13,19-20,22H,14-18H2,1-5H3. The van der Waals surface area contributed by atoms with E-state index in [0.717, 1.165) is 31.6 Å². The highest BCUT2D eigenvalue weighted by atomic mass is 16.2. The van der Waals surface area contributed by atoms with Gasteiger partial charge in [0.05, 0.1) is 0 Å². The fraction of sp³-hybridized carbons (Fsp3) is 0.464. The van der Waals surface area contributed by atoms with E-state index < -0.39 is 0 Å². The van der Waals surface area contributed by atoms with Crippen molar-refractivity contribution >= 4 is 16.8 Å². The van der Waals surface area contributed by atoms with Crippen LogP contribution in [0, 0.1) is 5.92 Å². The Morgan fingerprint density at radius 2 is 1.77 bits per heavy atom. The Kier molecular flexibility index (Phi) is 5.96. The van der Waals surface area contributed by atoms with Gasteiger partial charge in [0.2, 0.25) is 0 Å². The molecule has 0 N–H and O–H groups in total. The summed E-state index contributed by atoms with van der Waals surface area (Å²) < 4.78 is 2.42. The maximum Gasteiger partial charge on any atom is 0.253 e. The summed E-state index contributed by atoms with van der Waals surface area (Å²) >= 11 is 0. The van der Waals surface area contributed by atoms with E-state index in [1.54, 1.807) is 0 Å². The number of amides is 1. The SMILES string of the molecule is CC(C)CCn1cc(C2CCN(C(=O)c3ccc(C(C)(C)C)cc3)C2)c2ccccc21. The molecule has 3 nitrogen and oxygen atoms in total. The molecule has 2 heterocycles. The summed E-state index contributed by atoms with van der Waals surface area (Å²) in [6.45, 7) is 13.8. The largest absolute Gasteiger partial charge is 0.347 e. The molecule has 1 fully saturated rings. The van der Waals surface area contributed by atoms with E-state index in [1.807, 2.05) is 17.0 Å². The highest BCUT2D eigenvalue weighted by molar-refractivity contribution is 5.94. The van der Waals surface area contributed by atoms with Crippen molar-refractivity contribution in [2.24, 2.45) is 5.92 Å². The number of likely N-dealkylation sites (tertiary alicyclic amines) is 1. The van der Waals surface area contributed by atoms with Crippen molar-refractivity contribution in [2.75, 3.05) is 13.1 Å². The molecule has 0 saturated carbocycles. The van der Waals surface area contributed by atoms with E-state index in [9.17, 15) is 4.79 Å². The number of fused-ring (bicyclic) bond motifs is 1. The van der Waals surface area contributed by atoms with Crippen LogP contribution in [-0.4, -0.2) is 28.5 Å². The first-order chi connectivity index (χ1) is 14.7. The van der Waals surface area contributed by atoms with Gasteiger partial charge in [0.25, 0.3) is 5.91 Å². The normalized spacial score (nSPS) is 17.1. The molecule has 0 bridgehead atoms. The zero-order valence-electron chi connectivity index (χ0n) is 19.7. The Balaban J connectivity index is 1.52. The van der Waals surface area contributed by atoms with Crippen molar-refractivity contribution in [3.8, 4) is 0 Å². The Morgan fingerprint density at radius 3 is 2.45 bits per heavy atom. The molecule has 1 aromatic heterocycles. The lowest BCUT2D eigenvalue weighted by atomic mass is 9.86. The lowest BCUT2D eigenvalue weighted by molar-refractivity contribution is 0.0790. The van der Waals surface area contributed by atoms with E-state index >= 15 is 0 Å². The fourth-order valence-corrected chi connectivity index (χ4v) is 4.68. The van der Waals surface area contributed by atoms with Crippen molar-refractivity contribution in [3.63, 3.8) is 0 Å². The molecule has 0 aliphatic carbocycles. The molecule has 0 radical (unpaired) electrons. The van der Waals surface area contributed by atoms with Crippen molar-refractivity contribution in [2.45, 2.75) is 65.3 Å². The van der Waals surface area contributed by atoms with Gasteiger partial charge >= 0.3 is 0 Å². The minimum atomic E-state index is 0.101. The first-order valence-electron chi connectivity index (χ1n) is 11.7. The third-order valence-electron chi connectivity index (χ3n) is 6.68. The first kappa shape index (κ1) is 21.7. The Labute approximate surface area is 187 Å². The monoisotopic (exact) mass is 416 g/mol. The van der Waals surface area contributed by atoms with Crippen molar-refractivity contribution in [1.29, 1.82) is 0 Å². The molecule has 31 heavy (non-hydrogen) atoms. The van der Waals surface area contributed by atoms with Gasteiger partial charge in [-0.2, -0.15) is 0 Å². The third-order valence-corrected chi connectivity index (χ3v) is 6.68. The number of aromatic nitrogens is 1. The molecule has 1 unspecified atom stereocenters. The summed E-state index contributed by atoms with van der Waals surface area (Å²) in [6.07, 6.45) is 4.56. The Bertz CT molecular complexity index is 1050. The van der Waals surface area contributed by atoms with Gasteiger partial charge in [0, 0.05) is 48.2 Å². The quantitative estimate of drug-likeness (QED) is 0.459. The number of benzene rings is 2. The second-order valence-electron chi connectivity index (χ2n) is 10.5. The van der Waals surface area contributed by atoms with Crippen LogP contribution in [0.2, 0.25) is 0 Å². The Hall–Kier alpha value is -2.55. The van der Waals surface area contributed by atoms with Crippen LogP contribution in [0.5, 0.6) is 0 Å². The van der Waals surface area contributed by atoms with Gasteiger partial charge in [-0.1, -0.05) is 65.0 Å². The molecule has 0 spiro atoms. The molecule has 1 aliphatic heterocycles. The second kappa shape index (κ2) is 8.53.